The summed E-state index contributed by atoms with van der Waals surface area (Å²) in [5.41, 5.74) is 8.20. The van der Waals surface area contributed by atoms with Crippen molar-refractivity contribution >= 4 is 17.9 Å². The highest BCUT2D eigenvalue weighted by atomic mass is 16.5. The van der Waals surface area contributed by atoms with E-state index in [-0.39, 0.29) is 0 Å². The molecule has 0 amide bonds. The lowest BCUT2D eigenvalue weighted by atomic mass is 10.1. The van der Waals surface area contributed by atoms with Gasteiger partial charge in [-0.25, -0.2) is 14.8 Å². The SMILES string of the molecule is CCOC(=O)/C=C/c1c(C)nc(-c2ccccc2)nc1N. The fourth-order valence-corrected chi connectivity index (χ4v) is 1.87. The van der Waals surface area contributed by atoms with Crippen molar-refractivity contribution in [3.63, 3.8) is 0 Å². The number of aromatic nitrogens is 2. The summed E-state index contributed by atoms with van der Waals surface area (Å²) in [5, 5.41) is 0. The van der Waals surface area contributed by atoms with Gasteiger partial charge in [-0.15, -0.1) is 0 Å². The summed E-state index contributed by atoms with van der Waals surface area (Å²) in [4.78, 5) is 20.1. The lowest BCUT2D eigenvalue weighted by Gasteiger charge is -2.07. The van der Waals surface area contributed by atoms with Gasteiger partial charge in [-0.1, -0.05) is 30.3 Å². The number of aryl methyl sites for hydroxylation is 1. The van der Waals surface area contributed by atoms with E-state index in [0.717, 1.165) is 5.56 Å². The van der Waals surface area contributed by atoms with Crippen LogP contribution >= 0.6 is 0 Å². The maximum absolute atomic E-state index is 11.3. The van der Waals surface area contributed by atoms with Crippen molar-refractivity contribution < 1.29 is 9.53 Å². The molecule has 0 atom stereocenters. The number of ether oxygens (including phenoxy) is 1. The molecule has 2 rings (SSSR count). The molecule has 1 aromatic carbocycles. The molecule has 5 nitrogen and oxygen atoms in total. The van der Waals surface area contributed by atoms with E-state index in [1.165, 1.54) is 6.08 Å². The highest BCUT2D eigenvalue weighted by Crippen LogP contribution is 2.21. The molecule has 1 aromatic heterocycles. The molecular formula is C16H17N3O2. The third kappa shape index (κ3) is 3.66. The summed E-state index contributed by atoms with van der Waals surface area (Å²) in [6.07, 6.45) is 2.91. The van der Waals surface area contributed by atoms with E-state index in [2.05, 4.69) is 9.97 Å². The molecule has 108 valence electrons. The van der Waals surface area contributed by atoms with E-state index < -0.39 is 5.97 Å². The van der Waals surface area contributed by atoms with Crippen molar-refractivity contribution in [1.29, 1.82) is 0 Å². The lowest BCUT2D eigenvalue weighted by molar-refractivity contribution is -0.137. The number of nitrogens with zero attached hydrogens (tertiary/aromatic N) is 2. The van der Waals surface area contributed by atoms with Gasteiger partial charge in [0.2, 0.25) is 0 Å². The van der Waals surface area contributed by atoms with E-state index in [9.17, 15) is 4.79 Å². The Balaban J connectivity index is 2.32. The van der Waals surface area contributed by atoms with Crippen LogP contribution in [0.3, 0.4) is 0 Å². The van der Waals surface area contributed by atoms with Gasteiger partial charge in [-0.2, -0.15) is 0 Å². The van der Waals surface area contributed by atoms with Gasteiger partial charge in [-0.3, -0.25) is 0 Å². The zero-order chi connectivity index (χ0) is 15.2. The molecule has 2 aromatic rings. The summed E-state index contributed by atoms with van der Waals surface area (Å²) >= 11 is 0. The number of rotatable bonds is 4. The van der Waals surface area contributed by atoms with Crippen LogP contribution in [0.1, 0.15) is 18.2 Å². The number of hydrogen-bond donors (Lipinski definition) is 1. The predicted octanol–water partition coefficient (Wildman–Crippen LogP) is 2.61. The molecule has 0 saturated heterocycles. The Morgan fingerprint density at radius 3 is 2.62 bits per heavy atom. The second kappa shape index (κ2) is 6.65. The fourth-order valence-electron chi connectivity index (χ4n) is 1.87. The first-order valence-electron chi connectivity index (χ1n) is 6.66. The smallest absolute Gasteiger partial charge is 0.330 e. The second-order valence-electron chi connectivity index (χ2n) is 4.38. The first-order chi connectivity index (χ1) is 10.1. The molecule has 0 aliphatic rings. The highest BCUT2D eigenvalue weighted by Gasteiger charge is 2.09. The normalized spacial score (nSPS) is 10.8. The molecule has 0 fully saturated rings. The van der Waals surface area contributed by atoms with Crippen LogP contribution in [0.5, 0.6) is 0 Å². The Hall–Kier alpha value is -2.69. The Morgan fingerprint density at radius 1 is 1.29 bits per heavy atom. The molecular weight excluding hydrogens is 266 g/mol. The molecule has 21 heavy (non-hydrogen) atoms. The number of carbonyl (C=O) groups is 1. The Morgan fingerprint density at radius 2 is 2.00 bits per heavy atom. The molecule has 2 N–H and O–H groups in total. The van der Waals surface area contributed by atoms with E-state index in [0.29, 0.717) is 29.5 Å². The highest BCUT2D eigenvalue weighted by molar-refractivity contribution is 5.88. The molecule has 0 spiro atoms. The predicted molar refractivity (Wildman–Crippen MR) is 82.3 cm³/mol. The fraction of sp³-hybridized carbons (Fsp3) is 0.188. The van der Waals surface area contributed by atoms with Crippen LogP contribution in [0, 0.1) is 6.92 Å². The van der Waals surface area contributed by atoms with Crippen LogP contribution in [-0.2, 0) is 9.53 Å². The molecule has 0 bridgehead atoms. The van der Waals surface area contributed by atoms with Crippen molar-refractivity contribution in [2.45, 2.75) is 13.8 Å². The molecule has 1 heterocycles. The third-order valence-corrected chi connectivity index (χ3v) is 2.87. The maximum atomic E-state index is 11.3. The number of hydrogen-bond acceptors (Lipinski definition) is 5. The lowest BCUT2D eigenvalue weighted by Crippen LogP contribution is -2.03. The maximum Gasteiger partial charge on any atom is 0.330 e. The summed E-state index contributed by atoms with van der Waals surface area (Å²) in [5.74, 6) is 0.490. The van der Waals surface area contributed by atoms with Gasteiger partial charge in [0, 0.05) is 17.2 Å². The van der Waals surface area contributed by atoms with Gasteiger partial charge >= 0.3 is 5.97 Å². The number of carbonyl (C=O) groups excluding carboxylic acids is 1. The van der Waals surface area contributed by atoms with Crippen molar-refractivity contribution in [1.82, 2.24) is 9.97 Å². The van der Waals surface area contributed by atoms with Crippen molar-refractivity contribution in [2.75, 3.05) is 12.3 Å². The van der Waals surface area contributed by atoms with Crippen LogP contribution in [0.2, 0.25) is 0 Å². The molecule has 0 aliphatic carbocycles. The molecule has 5 heteroatoms. The summed E-state index contributed by atoms with van der Waals surface area (Å²) in [6.45, 7) is 3.92. The number of nitrogens with two attached hydrogens (primary N) is 1. The van der Waals surface area contributed by atoms with Gasteiger partial charge in [0.1, 0.15) is 5.82 Å². The second-order valence-corrected chi connectivity index (χ2v) is 4.38. The van der Waals surface area contributed by atoms with Gasteiger partial charge in [0.25, 0.3) is 0 Å². The van der Waals surface area contributed by atoms with E-state index >= 15 is 0 Å². The van der Waals surface area contributed by atoms with Crippen molar-refractivity contribution in [3.8, 4) is 11.4 Å². The Bertz CT molecular complexity index is 643. The van der Waals surface area contributed by atoms with Crippen LogP contribution < -0.4 is 5.73 Å². The van der Waals surface area contributed by atoms with Crippen molar-refractivity contribution in [2.24, 2.45) is 0 Å². The van der Waals surface area contributed by atoms with Gasteiger partial charge < -0.3 is 10.5 Å². The van der Waals surface area contributed by atoms with Crippen LogP contribution in [0.25, 0.3) is 17.5 Å². The Kier molecular flexibility index (Phi) is 4.66. The number of anilines is 1. The van der Waals surface area contributed by atoms with Gasteiger partial charge in [0.05, 0.1) is 12.3 Å². The summed E-state index contributed by atoms with van der Waals surface area (Å²) in [6, 6.07) is 9.60. The zero-order valence-corrected chi connectivity index (χ0v) is 12.0. The van der Waals surface area contributed by atoms with E-state index in [4.69, 9.17) is 10.5 Å². The zero-order valence-electron chi connectivity index (χ0n) is 12.0. The van der Waals surface area contributed by atoms with Gasteiger partial charge in [0.15, 0.2) is 5.82 Å². The van der Waals surface area contributed by atoms with Crippen LogP contribution in [0.15, 0.2) is 36.4 Å². The number of esters is 1. The average Bonchev–Trinajstić information content (AvgIpc) is 2.47. The molecule has 0 unspecified atom stereocenters. The quantitative estimate of drug-likeness (QED) is 0.689. The standard InChI is InChI=1S/C16H17N3O2/c1-3-21-14(20)10-9-13-11(2)18-16(19-15(13)17)12-7-5-4-6-8-12/h4-10H,3H2,1-2H3,(H2,17,18,19)/b10-9+. The first-order valence-corrected chi connectivity index (χ1v) is 6.66. The topological polar surface area (TPSA) is 78.1 Å². The summed E-state index contributed by atoms with van der Waals surface area (Å²) < 4.78 is 4.83. The van der Waals surface area contributed by atoms with Crippen molar-refractivity contribution in [3.05, 3.63) is 47.7 Å². The first kappa shape index (κ1) is 14.7. The van der Waals surface area contributed by atoms with Crippen LogP contribution in [0.4, 0.5) is 5.82 Å². The Labute approximate surface area is 123 Å². The minimum atomic E-state index is -0.413. The van der Waals surface area contributed by atoms with E-state index in [1.54, 1.807) is 13.0 Å². The largest absolute Gasteiger partial charge is 0.463 e. The molecule has 0 radical (unpaired) electrons. The van der Waals surface area contributed by atoms with E-state index in [1.807, 2.05) is 37.3 Å². The molecule has 0 aliphatic heterocycles. The minimum Gasteiger partial charge on any atom is -0.463 e. The summed E-state index contributed by atoms with van der Waals surface area (Å²) in [7, 11) is 0. The average molecular weight is 283 g/mol. The number of nitrogen functional groups attached to an aromatic ring is 1. The van der Waals surface area contributed by atoms with Gasteiger partial charge in [-0.05, 0) is 19.9 Å². The van der Waals surface area contributed by atoms with Crippen LogP contribution in [-0.4, -0.2) is 22.5 Å². The monoisotopic (exact) mass is 283 g/mol. The number of benzene rings is 1. The minimum absolute atomic E-state index is 0.334. The molecule has 0 saturated carbocycles. The third-order valence-electron chi connectivity index (χ3n) is 2.87.